The molecule has 1 aliphatic heterocycles. The van der Waals surface area contributed by atoms with Crippen LogP contribution in [0, 0.1) is 5.92 Å². The van der Waals surface area contributed by atoms with Gasteiger partial charge in [-0.25, -0.2) is 0 Å². The average molecular weight is 263 g/mol. The molecule has 1 saturated carbocycles. The summed E-state index contributed by atoms with van der Waals surface area (Å²) in [5.74, 6) is 0.907. The van der Waals surface area contributed by atoms with Crippen LogP contribution in [-0.2, 0) is 9.53 Å². The first-order chi connectivity index (χ1) is 7.77. The number of hydrogen-bond acceptors (Lipinski definition) is 3. The number of nitrogens with zero attached hydrogens (tertiary/aromatic N) is 1. The molecule has 2 aliphatic rings. The smallest absolute Gasteiger partial charge is 0.241 e. The first-order valence-electron chi connectivity index (χ1n) is 6.33. The zero-order valence-corrected chi connectivity index (χ0v) is 11.3. The SMILES string of the molecule is CN(CC1CCCC1)C(=O)C1COCCN1.Cl. The topological polar surface area (TPSA) is 41.6 Å². The van der Waals surface area contributed by atoms with E-state index < -0.39 is 0 Å². The Morgan fingerprint density at radius 1 is 1.41 bits per heavy atom. The van der Waals surface area contributed by atoms with E-state index in [1.165, 1.54) is 25.7 Å². The van der Waals surface area contributed by atoms with Gasteiger partial charge < -0.3 is 15.0 Å². The summed E-state index contributed by atoms with van der Waals surface area (Å²) < 4.78 is 5.31. The van der Waals surface area contributed by atoms with Gasteiger partial charge in [-0.3, -0.25) is 4.79 Å². The van der Waals surface area contributed by atoms with E-state index in [4.69, 9.17) is 4.74 Å². The number of rotatable bonds is 3. The molecule has 100 valence electrons. The molecular formula is C12H23ClN2O2. The van der Waals surface area contributed by atoms with Crippen molar-refractivity contribution in [3.05, 3.63) is 0 Å². The van der Waals surface area contributed by atoms with Crippen molar-refractivity contribution in [3.8, 4) is 0 Å². The van der Waals surface area contributed by atoms with Crippen LogP contribution in [0.3, 0.4) is 0 Å². The molecule has 0 aromatic heterocycles. The number of amides is 1. The average Bonchev–Trinajstić information content (AvgIpc) is 2.82. The van der Waals surface area contributed by atoms with E-state index in [9.17, 15) is 4.79 Å². The number of halogens is 1. The van der Waals surface area contributed by atoms with Crippen molar-refractivity contribution in [2.45, 2.75) is 31.7 Å². The van der Waals surface area contributed by atoms with E-state index in [1.807, 2.05) is 11.9 Å². The summed E-state index contributed by atoms with van der Waals surface area (Å²) in [5, 5.41) is 3.21. The van der Waals surface area contributed by atoms with E-state index in [1.54, 1.807) is 0 Å². The highest BCUT2D eigenvalue weighted by molar-refractivity contribution is 5.85. The van der Waals surface area contributed by atoms with Gasteiger partial charge in [0, 0.05) is 20.1 Å². The van der Waals surface area contributed by atoms with Crippen molar-refractivity contribution in [2.24, 2.45) is 5.92 Å². The lowest BCUT2D eigenvalue weighted by molar-refractivity contribution is -0.135. The number of carbonyl (C=O) groups is 1. The van der Waals surface area contributed by atoms with Crippen LogP contribution >= 0.6 is 12.4 Å². The minimum Gasteiger partial charge on any atom is -0.378 e. The molecule has 1 heterocycles. The fourth-order valence-electron chi connectivity index (χ4n) is 2.66. The van der Waals surface area contributed by atoms with Crippen molar-refractivity contribution in [1.29, 1.82) is 0 Å². The molecule has 0 bridgehead atoms. The number of nitrogens with one attached hydrogen (secondary N) is 1. The normalized spacial score (nSPS) is 25.4. The van der Waals surface area contributed by atoms with E-state index >= 15 is 0 Å². The van der Waals surface area contributed by atoms with Gasteiger partial charge in [-0.2, -0.15) is 0 Å². The Bertz CT molecular complexity index is 239. The lowest BCUT2D eigenvalue weighted by atomic mass is 10.1. The molecule has 0 spiro atoms. The number of morpholine rings is 1. The number of likely N-dealkylation sites (N-methyl/N-ethyl adjacent to an activating group) is 1. The molecule has 1 N–H and O–H groups in total. The lowest BCUT2D eigenvalue weighted by Crippen LogP contribution is -2.52. The Kier molecular flexibility index (Phi) is 6.23. The van der Waals surface area contributed by atoms with Crippen LogP contribution in [0.5, 0.6) is 0 Å². The molecule has 1 amide bonds. The summed E-state index contributed by atoms with van der Waals surface area (Å²) in [5.41, 5.74) is 0. The van der Waals surface area contributed by atoms with Crippen LogP contribution in [0.15, 0.2) is 0 Å². The third-order valence-electron chi connectivity index (χ3n) is 3.60. The van der Waals surface area contributed by atoms with Crippen LogP contribution < -0.4 is 5.32 Å². The molecule has 17 heavy (non-hydrogen) atoms. The van der Waals surface area contributed by atoms with Gasteiger partial charge >= 0.3 is 0 Å². The molecule has 2 rings (SSSR count). The maximum absolute atomic E-state index is 12.1. The second-order valence-corrected chi connectivity index (χ2v) is 4.95. The van der Waals surface area contributed by atoms with E-state index in [0.29, 0.717) is 6.61 Å². The van der Waals surface area contributed by atoms with Gasteiger partial charge in [0.25, 0.3) is 0 Å². The third-order valence-corrected chi connectivity index (χ3v) is 3.60. The van der Waals surface area contributed by atoms with Gasteiger partial charge in [0.2, 0.25) is 5.91 Å². The molecule has 4 nitrogen and oxygen atoms in total. The first kappa shape index (κ1) is 14.7. The van der Waals surface area contributed by atoms with Gasteiger partial charge in [-0.15, -0.1) is 12.4 Å². The van der Waals surface area contributed by atoms with Crippen LogP contribution in [-0.4, -0.2) is 50.2 Å². The first-order valence-corrected chi connectivity index (χ1v) is 6.33. The van der Waals surface area contributed by atoms with Gasteiger partial charge in [0.15, 0.2) is 0 Å². The standard InChI is InChI=1S/C12H22N2O2.ClH/c1-14(8-10-4-2-3-5-10)12(15)11-9-16-7-6-13-11;/h10-11,13H,2-9H2,1H3;1H. The Labute approximate surface area is 109 Å². The maximum atomic E-state index is 12.1. The quantitative estimate of drug-likeness (QED) is 0.827. The molecule has 1 aliphatic carbocycles. The Balaban J connectivity index is 0.00000144. The molecule has 0 aromatic carbocycles. The molecule has 1 unspecified atom stereocenters. The van der Waals surface area contributed by atoms with Crippen molar-refractivity contribution in [1.82, 2.24) is 10.2 Å². The highest BCUT2D eigenvalue weighted by atomic mass is 35.5. The van der Waals surface area contributed by atoms with E-state index in [2.05, 4.69) is 5.32 Å². The summed E-state index contributed by atoms with van der Waals surface area (Å²) >= 11 is 0. The van der Waals surface area contributed by atoms with Crippen LogP contribution in [0.25, 0.3) is 0 Å². The molecule has 0 aromatic rings. The Hall–Kier alpha value is -0.320. The summed E-state index contributed by atoms with van der Waals surface area (Å²) in [6.07, 6.45) is 5.23. The third kappa shape index (κ3) is 4.12. The van der Waals surface area contributed by atoms with Gasteiger partial charge in [-0.05, 0) is 18.8 Å². The van der Waals surface area contributed by atoms with Crippen LogP contribution in [0.2, 0.25) is 0 Å². The monoisotopic (exact) mass is 262 g/mol. The highest BCUT2D eigenvalue weighted by Crippen LogP contribution is 2.25. The Morgan fingerprint density at radius 3 is 2.71 bits per heavy atom. The van der Waals surface area contributed by atoms with Gasteiger partial charge in [-0.1, -0.05) is 12.8 Å². The fraction of sp³-hybridized carbons (Fsp3) is 0.917. The number of carbonyl (C=O) groups excluding carboxylic acids is 1. The predicted molar refractivity (Wildman–Crippen MR) is 69.5 cm³/mol. The lowest BCUT2D eigenvalue weighted by Gasteiger charge is -2.29. The van der Waals surface area contributed by atoms with Crippen molar-refractivity contribution >= 4 is 18.3 Å². The largest absolute Gasteiger partial charge is 0.378 e. The molecule has 2 fully saturated rings. The summed E-state index contributed by atoms with van der Waals surface area (Å²) in [6.45, 7) is 2.94. The fourth-order valence-corrected chi connectivity index (χ4v) is 2.66. The zero-order valence-electron chi connectivity index (χ0n) is 10.5. The van der Waals surface area contributed by atoms with Crippen LogP contribution in [0.4, 0.5) is 0 Å². The molecule has 5 heteroatoms. The molecule has 0 radical (unpaired) electrons. The van der Waals surface area contributed by atoms with Crippen LogP contribution in [0.1, 0.15) is 25.7 Å². The Morgan fingerprint density at radius 2 is 2.12 bits per heavy atom. The van der Waals surface area contributed by atoms with E-state index in [0.717, 1.165) is 25.6 Å². The zero-order chi connectivity index (χ0) is 11.4. The van der Waals surface area contributed by atoms with E-state index in [-0.39, 0.29) is 24.4 Å². The van der Waals surface area contributed by atoms with Gasteiger partial charge in [0.1, 0.15) is 6.04 Å². The van der Waals surface area contributed by atoms with Gasteiger partial charge in [0.05, 0.1) is 13.2 Å². The molecule has 1 atom stereocenters. The minimum atomic E-state index is -0.125. The number of hydrogen-bond donors (Lipinski definition) is 1. The van der Waals surface area contributed by atoms with Crippen molar-refractivity contribution in [3.63, 3.8) is 0 Å². The van der Waals surface area contributed by atoms with Crippen molar-refractivity contribution < 1.29 is 9.53 Å². The molecular weight excluding hydrogens is 240 g/mol. The van der Waals surface area contributed by atoms with Crippen molar-refractivity contribution in [2.75, 3.05) is 33.4 Å². The predicted octanol–water partition coefficient (Wildman–Crippen LogP) is 1.05. The molecule has 1 saturated heterocycles. The summed E-state index contributed by atoms with van der Waals surface area (Å²) in [4.78, 5) is 13.9. The number of ether oxygens (including phenoxy) is 1. The second kappa shape index (κ2) is 7.19. The highest BCUT2D eigenvalue weighted by Gasteiger charge is 2.26. The second-order valence-electron chi connectivity index (χ2n) is 4.95. The minimum absolute atomic E-state index is 0. The maximum Gasteiger partial charge on any atom is 0.241 e. The summed E-state index contributed by atoms with van der Waals surface area (Å²) in [7, 11) is 1.91. The summed E-state index contributed by atoms with van der Waals surface area (Å²) in [6, 6.07) is -0.125.